The summed E-state index contributed by atoms with van der Waals surface area (Å²) >= 11 is 0. The fraction of sp³-hybridized carbons (Fsp3) is 0.480. The van der Waals surface area contributed by atoms with Crippen LogP contribution in [0.3, 0.4) is 0 Å². The Kier molecular flexibility index (Phi) is 7.10. The quantitative estimate of drug-likeness (QED) is 0.665. The van der Waals surface area contributed by atoms with Gasteiger partial charge in [0.15, 0.2) is 0 Å². The first kappa shape index (κ1) is 21.7. The summed E-state index contributed by atoms with van der Waals surface area (Å²) in [6.07, 6.45) is 2.52. The molecule has 2 aliphatic rings. The molecule has 2 fully saturated rings. The second-order valence-corrected chi connectivity index (χ2v) is 8.44. The van der Waals surface area contributed by atoms with Crippen LogP contribution >= 0.6 is 0 Å². The van der Waals surface area contributed by atoms with Gasteiger partial charge in [0.25, 0.3) is 0 Å². The molecule has 0 saturated carbocycles. The van der Waals surface area contributed by atoms with E-state index in [4.69, 9.17) is 9.47 Å². The average Bonchev–Trinajstić information content (AvgIpc) is 2.84. The Labute approximate surface area is 185 Å². The molecule has 2 heterocycles. The Morgan fingerprint density at radius 2 is 1.65 bits per heavy atom. The van der Waals surface area contributed by atoms with Crippen LogP contribution in [0.25, 0.3) is 0 Å². The van der Waals surface area contributed by atoms with Crippen LogP contribution in [-0.2, 0) is 11.3 Å². The number of esters is 1. The monoisotopic (exact) mass is 423 g/mol. The van der Waals surface area contributed by atoms with E-state index in [1.54, 1.807) is 7.11 Å². The number of hydrogen-bond acceptors (Lipinski definition) is 6. The van der Waals surface area contributed by atoms with E-state index in [1.165, 1.54) is 31.2 Å². The normalized spacial score (nSPS) is 20.5. The molecular formula is C25H33N3O3. The van der Waals surface area contributed by atoms with E-state index in [1.807, 2.05) is 36.4 Å². The highest BCUT2D eigenvalue weighted by molar-refractivity contribution is 5.89. The summed E-state index contributed by atoms with van der Waals surface area (Å²) in [6.45, 7) is 7.54. The number of anilines is 1. The zero-order valence-corrected chi connectivity index (χ0v) is 18.6. The molecule has 0 aliphatic carbocycles. The van der Waals surface area contributed by atoms with Crippen LogP contribution in [0.1, 0.15) is 28.8 Å². The molecule has 0 N–H and O–H groups in total. The van der Waals surface area contributed by atoms with Crippen molar-refractivity contribution in [1.82, 2.24) is 9.80 Å². The number of carbonyl (C=O) groups is 1. The van der Waals surface area contributed by atoms with Crippen molar-refractivity contribution in [3.8, 4) is 5.75 Å². The molecule has 2 saturated heterocycles. The number of piperazine rings is 1. The lowest BCUT2D eigenvalue weighted by Crippen LogP contribution is -2.55. The summed E-state index contributed by atoms with van der Waals surface area (Å²) in [5.74, 6) is 0.628. The fourth-order valence-corrected chi connectivity index (χ4v) is 4.73. The highest BCUT2D eigenvalue weighted by Crippen LogP contribution is 2.23. The molecule has 166 valence electrons. The molecule has 6 heteroatoms. The van der Waals surface area contributed by atoms with Crippen molar-refractivity contribution >= 4 is 11.7 Å². The first-order valence-corrected chi connectivity index (χ1v) is 11.2. The van der Waals surface area contributed by atoms with Gasteiger partial charge in [-0.3, -0.25) is 9.80 Å². The van der Waals surface area contributed by atoms with Crippen LogP contribution in [0.4, 0.5) is 5.69 Å². The zero-order chi connectivity index (χ0) is 21.6. The minimum Gasteiger partial charge on any atom is -0.497 e. The summed E-state index contributed by atoms with van der Waals surface area (Å²) in [7, 11) is 3.12. The van der Waals surface area contributed by atoms with Gasteiger partial charge < -0.3 is 14.4 Å². The third kappa shape index (κ3) is 5.38. The molecule has 0 aromatic heterocycles. The Morgan fingerprint density at radius 1 is 0.935 bits per heavy atom. The summed E-state index contributed by atoms with van der Waals surface area (Å²) in [5, 5.41) is 0. The number of piperidine rings is 1. The van der Waals surface area contributed by atoms with Gasteiger partial charge in [-0.15, -0.1) is 0 Å². The second kappa shape index (κ2) is 10.2. The number of hydrogen-bond donors (Lipinski definition) is 0. The van der Waals surface area contributed by atoms with Crippen molar-refractivity contribution in [2.45, 2.75) is 25.4 Å². The van der Waals surface area contributed by atoms with Crippen LogP contribution in [0, 0.1) is 0 Å². The van der Waals surface area contributed by atoms with Gasteiger partial charge in [0.1, 0.15) is 5.75 Å². The third-order valence-electron chi connectivity index (χ3n) is 6.53. The van der Waals surface area contributed by atoms with Crippen LogP contribution in [0.5, 0.6) is 5.75 Å². The Hall–Kier alpha value is -2.57. The molecule has 0 spiro atoms. The third-order valence-corrected chi connectivity index (χ3v) is 6.53. The molecule has 1 unspecified atom stereocenters. The summed E-state index contributed by atoms with van der Waals surface area (Å²) in [4.78, 5) is 19.3. The predicted octanol–water partition coefficient (Wildman–Crippen LogP) is 3.27. The number of carbonyl (C=O) groups excluding carboxylic acids is 1. The van der Waals surface area contributed by atoms with Crippen LogP contribution in [-0.4, -0.2) is 75.3 Å². The molecule has 6 nitrogen and oxygen atoms in total. The Balaban J connectivity index is 1.28. The number of likely N-dealkylation sites (tertiary alicyclic amines) is 1. The topological polar surface area (TPSA) is 45.2 Å². The molecule has 4 rings (SSSR count). The van der Waals surface area contributed by atoms with Crippen molar-refractivity contribution in [2.75, 3.05) is 58.4 Å². The lowest BCUT2D eigenvalue weighted by Gasteiger charge is -2.44. The van der Waals surface area contributed by atoms with Crippen LogP contribution in [0.2, 0.25) is 0 Å². The van der Waals surface area contributed by atoms with Gasteiger partial charge in [-0.1, -0.05) is 12.1 Å². The molecule has 2 aromatic rings. The summed E-state index contributed by atoms with van der Waals surface area (Å²) in [6, 6.07) is 16.8. The maximum atomic E-state index is 11.6. The van der Waals surface area contributed by atoms with Crippen molar-refractivity contribution in [3.63, 3.8) is 0 Å². The van der Waals surface area contributed by atoms with E-state index in [9.17, 15) is 4.79 Å². The number of methoxy groups -OCH3 is 2. The van der Waals surface area contributed by atoms with Gasteiger partial charge in [0, 0.05) is 51.0 Å². The second-order valence-electron chi connectivity index (χ2n) is 8.44. The summed E-state index contributed by atoms with van der Waals surface area (Å²) < 4.78 is 10.1. The molecule has 0 amide bonds. The van der Waals surface area contributed by atoms with E-state index < -0.39 is 0 Å². The number of ether oxygens (including phenoxy) is 2. The molecule has 2 aromatic carbocycles. The number of rotatable bonds is 6. The number of nitrogens with zero attached hydrogens (tertiary/aromatic N) is 3. The van der Waals surface area contributed by atoms with Crippen molar-refractivity contribution in [2.24, 2.45) is 0 Å². The van der Waals surface area contributed by atoms with Gasteiger partial charge in [0.05, 0.1) is 19.8 Å². The standard InChI is InChI=1S/C25H33N3O3/c1-30-24-11-9-22(10-12-24)27-14-16-28(17-15-27)23-4-3-13-26(19-23)18-20-5-7-21(8-6-20)25(29)31-2/h5-12,23H,3-4,13-19H2,1-2H3. The van der Waals surface area contributed by atoms with Gasteiger partial charge in [-0.25, -0.2) is 4.79 Å². The average molecular weight is 424 g/mol. The first-order chi connectivity index (χ1) is 15.2. The molecule has 0 radical (unpaired) electrons. The minimum absolute atomic E-state index is 0.279. The van der Waals surface area contributed by atoms with E-state index in [2.05, 4.69) is 26.8 Å². The lowest BCUT2D eigenvalue weighted by atomic mass is 10.0. The predicted molar refractivity (Wildman–Crippen MR) is 123 cm³/mol. The van der Waals surface area contributed by atoms with E-state index in [-0.39, 0.29) is 5.97 Å². The zero-order valence-electron chi connectivity index (χ0n) is 18.6. The summed E-state index contributed by atoms with van der Waals surface area (Å²) in [5.41, 5.74) is 3.14. The Bertz CT molecular complexity index is 845. The van der Waals surface area contributed by atoms with E-state index >= 15 is 0 Å². The fourth-order valence-electron chi connectivity index (χ4n) is 4.73. The highest BCUT2D eigenvalue weighted by atomic mass is 16.5. The van der Waals surface area contributed by atoms with Gasteiger partial charge in [-0.05, 0) is 61.3 Å². The van der Waals surface area contributed by atoms with E-state index in [0.29, 0.717) is 11.6 Å². The lowest BCUT2D eigenvalue weighted by molar-refractivity contribution is 0.0600. The van der Waals surface area contributed by atoms with E-state index in [0.717, 1.165) is 51.6 Å². The Morgan fingerprint density at radius 3 is 2.29 bits per heavy atom. The minimum atomic E-state index is -0.279. The molecule has 1 atom stereocenters. The molecule has 31 heavy (non-hydrogen) atoms. The van der Waals surface area contributed by atoms with Crippen LogP contribution in [0.15, 0.2) is 48.5 Å². The van der Waals surface area contributed by atoms with Crippen LogP contribution < -0.4 is 9.64 Å². The SMILES string of the molecule is COC(=O)c1ccc(CN2CCCC(N3CCN(c4ccc(OC)cc4)CC3)C2)cc1. The molecule has 0 bridgehead atoms. The maximum absolute atomic E-state index is 11.6. The number of benzene rings is 2. The molecular weight excluding hydrogens is 390 g/mol. The van der Waals surface area contributed by atoms with Gasteiger partial charge in [-0.2, -0.15) is 0 Å². The maximum Gasteiger partial charge on any atom is 0.337 e. The molecule has 2 aliphatic heterocycles. The van der Waals surface area contributed by atoms with Crippen molar-refractivity contribution in [1.29, 1.82) is 0 Å². The van der Waals surface area contributed by atoms with Crippen molar-refractivity contribution in [3.05, 3.63) is 59.7 Å². The van der Waals surface area contributed by atoms with Gasteiger partial charge in [0.2, 0.25) is 0 Å². The van der Waals surface area contributed by atoms with Gasteiger partial charge >= 0.3 is 5.97 Å². The van der Waals surface area contributed by atoms with Crippen molar-refractivity contribution < 1.29 is 14.3 Å². The highest BCUT2D eigenvalue weighted by Gasteiger charge is 2.28. The smallest absolute Gasteiger partial charge is 0.337 e. The largest absolute Gasteiger partial charge is 0.497 e. The first-order valence-electron chi connectivity index (χ1n) is 11.2.